The average Bonchev–Trinajstić information content (AvgIpc) is 3.00. The molecule has 9 heteroatoms. The maximum atomic E-state index is 11.4. The van der Waals surface area contributed by atoms with Crippen LogP contribution in [-0.2, 0) is 10.0 Å². The van der Waals surface area contributed by atoms with Gasteiger partial charge in [0.25, 0.3) is 0 Å². The fraction of sp³-hybridized carbons (Fsp3) is 0. The second kappa shape index (κ2) is 6.32. The lowest BCUT2D eigenvalue weighted by Gasteiger charge is -2.08. The molecule has 3 aromatic rings. The van der Waals surface area contributed by atoms with Gasteiger partial charge >= 0.3 is 5.97 Å². The van der Waals surface area contributed by atoms with E-state index in [9.17, 15) is 18.3 Å². The van der Waals surface area contributed by atoms with Crippen LogP contribution < -0.4 is 5.14 Å². The monoisotopic (exact) mass is 377 g/mol. The van der Waals surface area contributed by atoms with E-state index >= 15 is 0 Å². The lowest BCUT2D eigenvalue weighted by Crippen LogP contribution is -2.11. The number of nitrogens with zero attached hydrogens (tertiary/aromatic N) is 2. The molecule has 0 unspecified atom stereocenters. The van der Waals surface area contributed by atoms with Gasteiger partial charge in [-0.25, -0.2) is 23.3 Å². The number of imidazole rings is 1. The van der Waals surface area contributed by atoms with Crippen molar-refractivity contribution in [3.63, 3.8) is 0 Å². The number of primary sulfonamides is 1. The molecule has 0 fully saturated rings. The normalized spacial score (nSPS) is 11.4. The van der Waals surface area contributed by atoms with E-state index in [4.69, 9.17) is 16.7 Å². The largest absolute Gasteiger partial charge is 0.476 e. The van der Waals surface area contributed by atoms with E-state index in [1.54, 1.807) is 28.8 Å². The van der Waals surface area contributed by atoms with Crippen LogP contribution in [0.25, 0.3) is 17.1 Å². The van der Waals surface area contributed by atoms with Gasteiger partial charge in [-0.3, -0.25) is 4.57 Å². The number of carbonyl (C=O) groups is 1. The maximum absolute atomic E-state index is 11.4. The van der Waals surface area contributed by atoms with Crippen LogP contribution in [0.1, 0.15) is 10.5 Å². The SMILES string of the molecule is NS(=O)(=O)c1ccc(-c2nc(C(=O)O)cn2-c2ccc(Cl)cc2)cc1. The standard InChI is InChI=1S/C16H12ClN3O4S/c17-11-3-5-12(6-4-11)20-9-14(16(21)22)19-15(20)10-1-7-13(8-2-10)25(18,23)24/h1-9H,(H,21,22)(H2,18,23,24). The van der Waals surface area contributed by atoms with E-state index in [1.807, 2.05) is 0 Å². The van der Waals surface area contributed by atoms with Crippen molar-refractivity contribution < 1.29 is 18.3 Å². The van der Waals surface area contributed by atoms with Crippen molar-refractivity contribution in [2.24, 2.45) is 5.14 Å². The number of rotatable bonds is 4. The number of sulfonamides is 1. The first-order chi connectivity index (χ1) is 11.8. The molecule has 1 heterocycles. The fourth-order valence-electron chi connectivity index (χ4n) is 2.28. The van der Waals surface area contributed by atoms with Gasteiger partial charge in [0.2, 0.25) is 10.0 Å². The Bertz CT molecular complexity index is 1040. The first-order valence-corrected chi connectivity index (χ1v) is 8.90. The Morgan fingerprint density at radius 3 is 2.20 bits per heavy atom. The predicted octanol–water partition coefficient (Wildman–Crippen LogP) is 2.54. The van der Waals surface area contributed by atoms with Crippen LogP contribution in [0.15, 0.2) is 59.6 Å². The van der Waals surface area contributed by atoms with Gasteiger partial charge in [0, 0.05) is 22.5 Å². The molecule has 0 radical (unpaired) electrons. The maximum Gasteiger partial charge on any atom is 0.356 e. The highest BCUT2D eigenvalue weighted by Gasteiger charge is 2.17. The van der Waals surface area contributed by atoms with E-state index in [0.717, 1.165) is 0 Å². The number of aromatic nitrogens is 2. The Hall–Kier alpha value is -2.68. The second-order valence-electron chi connectivity index (χ2n) is 5.17. The van der Waals surface area contributed by atoms with Crippen LogP contribution in [-0.4, -0.2) is 29.0 Å². The second-order valence-corrected chi connectivity index (χ2v) is 7.17. The third-order valence-corrected chi connectivity index (χ3v) is 4.65. The fourth-order valence-corrected chi connectivity index (χ4v) is 2.92. The minimum absolute atomic E-state index is 0.0423. The third-order valence-electron chi connectivity index (χ3n) is 3.47. The summed E-state index contributed by atoms with van der Waals surface area (Å²) in [6.45, 7) is 0. The minimum Gasteiger partial charge on any atom is -0.476 e. The van der Waals surface area contributed by atoms with Gasteiger partial charge in [-0.05, 0) is 48.5 Å². The van der Waals surface area contributed by atoms with Crippen LogP contribution >= 0.6 is 11.6 Å². The van der Waals surface area contributed by atoms with Gasteiger partial charge in [0.05, 0.1) is 4.90 Å². The molecule has 7 nitrogen and oxygen atoms in total. The molecule has 0 aliphatic heterocycles. The van der Waals surface area contributed by atoms with Crippen molar-refractivity contribution in [3.8, 4) is 17.1 Å². The van der Waals surface area contributed by atoms with E-state index in [-0.39, 0.29) is 10.6 Å². The van der Waals surface area contributed by atoms with Gasteiger partial charge in [-0.15, -0.1) is 0 Å². The van der Waals surface area contributed by atoms with Crippen LogP contribution in [0.2, 0.25) is 5.02 Å². The zero-order chi connectivity index (χ0) is 18.2. The minimum atomic E-state index is -3.81. The quantitative estimate of drug-likeness (QED) is 0.724. The number of carboxylic acids is 1. The van der Waals surface area contributed by atoms with Crippen molar-refractivity contribution in [1.82, 2.24) is 9.55 Å². The van der Waals surface area contributed by atoms with E-state index in [0.29, 0.717) is 22.1 Å². The van der Waals surface area contributed by atoms with Crippen LogP contribution in [0, 0.1) is 0 Å². The first-order valence-electron chi connectivity index (χ1n) is 6.97. The molecule has 0 spiro atoms. The number of benzene rings is 2. The molecule has 128 valence electrons. The molecule has 0 saturated heterocycles. The molecule has 1 aromatic heterocycles. The van der Waals surface area contributed by atoms with Crippen molar-refractivity contribution in [3.05, 3.63) is 65.4 Å². The zero-order valence-corrected chi connectivity index (χ0v) is 14.2. The van der Waals surface area contributed by atoms with Crippen LogP contribution in [0.5, 0.6) is 0 Å². The molecule has 25 heavy (non-hydrogen) atoms. The first kappa shape index (κ1) is 17.2. The summed E-state index contributed by atoms with van der Waals surface area (Å²) in [6.07, 6.45) is 1.38. The van der Waals surface area contributed by atoms with Gasteiger partial charge in [0.15, 0.2) is 5.69 Å². The van der Waals surface area contributed by atoms with E-state index < -0.39 is 16.0 Å². The molecule has 3 N–H and O–H groups in total. The Balaban J connectivity index is 2.14. The molecular formula is C16H12ClN3O4S. The highest BCUT2D eigenvalue weighted by Crippen LogP contribution is 2.25. The van der Waals surface area contributed by atoms with Crippen molar-refractivity contribution in [1.29, 1.82) is 0 Å². The van der Waals surface area contributed by atoms with Crippen molar-refractivity contribution >= 4 is 27.6 Å². The summed E-state index contributed by atoms with van der Waals surface area (Å²) >= 11 is 5.88. The lowest BCUT2D eigenvalue weighted by molar-refractivity contribution is 0.0691. The lowest BCUT2D eigenvalue weighted by atomic mass is 10.2. The van der Waals surface area contributed by atoms with Crippen molar-refractivity contribution in [2.45, 2.75) is 4.90 Å². The number of nitrogens with two attached hydrogens (primary N) is 1. The molecule has 0 bridgehead atoms. The highest BCUT2D eigenvalue weighted by atomic mass is 35.5. The molecule has 0 aliphatic rings. The Morgan fingerprint density at radius 2 is 1.68 bits per heavy atom. The number of carboxylic acid groups (broad SMARTS) is 1. The zero-order valence-electron chi connectivity index (χ0n) is 12.6. The number of aromatic carboxylic acids is 1. The van der Waals surface area contributed by atoms with Crippen LogP contribution in [0.3, 0.4) is 0 Å². The predicted molar refractivity (Wildman–Crippen MR) is 92.3 cm³/mol. The van der Waals surface area contributed by atoms with Gasteiger partial charge < -0.3 is 5.11 Å². The summed E-state index contributed by atoms with van der Waals surface area (Å²) in [4.78, 5) is 15.4. The van der Waals surface area contributed by atoms with Crippen molar-refractivity contribution in [2.75, 3.05) is 0 Å². The average molecular weight is 378 g/mol. The Labute approximate surface area is 148 Å². The summed E-state index contributed by atoms with van der Waals surface area (Å²) < 4.78 is 24.3. The molecular weight excluding hydrogens is 366 g/mol. The molecule has 2 aromatic carbocycles. The molecule has 0 atom stereocenters. The van der Waals surface area contributed by atoms with Crippen LogP contribution in [0.4, 0.5) is 0 Å². The Morgan fingerprint density at radius 1 is 1.08 bits per heavy atom. The topological polar surface area (TPSA) is 115 Å². The highest BCUT2D eigenvalue weighted by molar-refractivity contribution is 7.89. The summed E-state index contributed by atoms with van der Waals surface area (Å²) in [7, 11) is -3.81. The summed E-state index contributed by atoms with van der Waals surface area (Å²) in [5, 5.41) is 14.8. The molecule has 3 rings (SSSR count). The Kier molecular flexibility index (Phi) is 4.34. The molecule has 0 saturated carbocycles. The number of hydrogen-bond donors (Lipinski definition) is 2. The summed E-state index contributed by atoms with van der Waals surface area (Å²) in [5.74, 6) is -0.823. The van der Waals surface area contributed by atoms with E-state index in [2.05, 4.69) is 4.98 Å². The summed E-state index contributed by atoms with van der Waals surface area (Å²) in [5.41, 5.74) is 1.06. The number of hydrogen-bond acceptors (Lipinski definition) is 4. The molecule has 0 aliphatic carbocycles. The van der Waals surface area contributed by atoms with Gasteiger partial charge in [-0.2, -0.15) is 0 Å². The van der Waals surface area contributed by atoms with Gasteiger partial charge in [-0.1, -0.05) is 11.6 Å². The summed E-state index contributed by atoms with van der Waals surface area (Å²) in [6, 6.07) is 12.5. The van der Waals surface area contributed by atoms with E-state index in [1.165, 1.54) is 30.5 Å². The number of halogens is 1. The smallest absolute Gasteiger partial charge is 0.356 e. The van der Waals surface area contributed by atoms with Gasteiger partial charge in [0.1, 0.15) is 5.82 Å². The third kappa shape index (κ3) is 3.55. The molecule has 0 amide bonds.